The molecule has 0 radical (unpaired) electrons. The zero-order chi connectivity index (χ0) is 16.3. The molecule has 1 aromatic carbocycles. The van der Waals surface area contributed by atoms with Gasteiger partial charge >= 0.3 is 5.97 Å². The van der Waals surface area contributed by atoms with Crippen molar-refractivity contribution in [3.8, 4) is 5.69 Å². The number of carboxylic acid groups (broad SMARTS) is 1. The number of aliphatic carboxylic acids is 1. The molecule has 0 aliphatic carbocycles. The average Bonchev–Trinajstić information content (AvgIpc) is 3.00. The fourth-order valence-electron chi connectivity index (χ4n) is 2.17. The number of benzene rings is 1. The van der Waals surface area contributed by atoms with Crippen LogP contribution in [0, 0.1) is 12.8 Å². The van der Waals surface area contributed by atoms with Crippen LogP contribution in [0.15, 0.2) is 30.9 Å². The van der Waals surface area contributed by atoms with Crippen LogP contribution in [0.2, 0.25) is 0 Å². The lowest BCUT2D eigenvalue weighted by Crippen LogP contribution is -2.33. The number of aryl methyl sites for hydroxylation is 1. The summed E-state index contributed by atoms with van der Waals surface area (Å²) in [4.78, 5) is 28.5. The van der Waals surface area contributed by atoms with Gasteiger partial charge in [-0.15, -0.1) is 0 Å². The topological polar surface area (TPSA) is 88.3 Å². The van der Waals surface area contributed by atoms with Gasteiger partial charge in [0.2, 0.25) is 0 Å². The second-order valence-electron chi connectivity index (χ2n) is 5.27. The van der Waals surface area contributed by atoms with Gasteiger partial charge in [0.05, 0.1) is 11.6 Å². The van der Waals surface area contributed by atoms with E-state index in [1.807, 2.05) is 6.92 Å². The quantitative estimate of drug-likeness (QED) is 0.901. The number of amides is 1. The Hall–Kier alpha value is -2.70. The molecule has 2 rings (SSSR count). The van der Waals surface area contributed by atoms with Gasteiger partial charge in [-0.05, 0) is 30.7 Å². The van der Waals surface area contributed by atoms with Gasteiger partial charge in [0.25, 0.3) is 5.91 Å². The first-order valence-corrected chi connectivity index (χ1v) is 6.84. The summed E-state index contributed by atoms with van der Waals surface area (Å²) in [5, 5.41) is 13.0. The van der Waals surface area contributed by atoms with E-state index >= 15 is 0 Å². The molecule has 0 spiro atoms. The lowest BCUT2D eigenvalue weighted by molar-refractivity contribution is -0.141. The number of nitrogens with zero attached hydrogens (tertiary/aromatic N) is 4. The van der Waals surface area contributed by atoms with Gasteiger partial charge < -0.3 is 10.0 Å². The highest BCUT2D eigenvalue weighted by Crippen LogP contribution is 2.16. The minimum atomic E-state index is -0.919. The molecule has 0 bridgehead atoms. The van der Waals surface area contributed by atoms with E-state index in [4.69, 9.17) is 5.11 Å². The summed E-state index contributed by atoms with van der Waals surface area (Å²) in [5.41, 5.74) is 2.24. The van der Waals surface area contributed by atoms with E-state index in [9.17, 15) is 9.59 Å². The fraction of sp³-hybridized carbons (Fsp3) is 0.333. The summed E-state index contributed by atoms with van der Waals surface area (Å²) >= 11 is 0. The Kier molecular flexibility index (Phi) is 4.55. The van der Waals surface area contributed by atoms with Crippen molar-refractivity contribution in [1.29, 1.82) is 0 Å². The third-order valence-electron chi connectivity index (χ3n) is 3.43. The molecule has 0 aliphatic heterocycles. The van der Waals surface area contributed by atoms with Crippen molar-refractivity contribution in [1.82, 2.24) is 19.7 Å². The molecule has 7 heteroatoms. The van der Waals surface area contributed by atoms with Gasteiger partial charge in [-0.3, -0.25) is 9.59 Å². The van der Waals surface area contributed by atoms with E-state index < -0.39 is 11.9 Å². The predicted molar refractivity (Wildman–Crippen MR) is 79.9 cm³/mol. The zero-order valence-electron chi connectivity index (χ0n) is 12.7. The molecule has 1 amide bonds. The monoisotopic (exact) mass is 302 g/mol. The smallest absolute Gasteiger partial charge is 0.308 e. The van der Waals surface area contributed by atoms with Crippen molar-refractivity contribution in [2.75, 3.05) is 13.6 Å². The maximum atomic E-state index is 12.4. The molecule has 2 aromatic rings. The van der Waals surface area contributed by atoms with Crippen LogP contribution in [-0.2, 0) is 4.79 Å². The summed E-state index contributed by atoms with van der Waals surface area (Å²) in [5.74, 6) is -1.73. The Morgan fingerprint density at radius 3 is 2.68 bits per heavy atom. The Morgan fingerprint density at radius 1 is 1.41 bits per heavy atom. The molecule has 1 heterocycles. The summed E-state index contributed by atoms with van der Waals surface area (Å²) in [6, 6.07) is 5.27. The lowest BCUT2D eigenvalue weighted by Gasteiger charge is -2.20. The number of aromatic nitrogens is 3. The number of hydrogen-bond acceptors (Lipinski definition) is 4. The van der Waals surface area contributed by atoms with Gasteiger partial charge in [0, 0.05) is 19.2 Å². The normalized spacial score (nSPS) is 12.0. The van der Waals surface area contributed by atoms with E-state index in [-0.39, 0.29) is 12.5 Å². The van der Waals surface area contributed by atoms with E-state index in [1.165, 1.54) is 11.2 Å². The Morgan fingerprint density at radius 2 is 2.14 bits per heavy atom. The van der Waals surface area contributed by atoms with Gasteiger partial charge in [-0.25, -0.2) is 9.67 Å². The van der Waals surface area contributed by atoms with E-state index in [2.05, 4.69) is 10.1 Å². The maximum Gasteiger partial charge on any atom is 0.308 e. The first-order chi connectivity index (χ1) is 10.4. The first-order valence-electron chi connectivity index (χ1n) is 6.84. The van der Waals surface area contributed by atoms with Crippen LogP contribution in [0.4, 0.5) is 0 Å². The molecular weight excluding hydrogens is 284 g/mol. The van der Waals surface area contributed by atoms with Crippen LogP contribution in [0.5, 0.6) is 0 Å². The summed E-state index contributed by atoms with van der Waals surface area (Å²) in [7, 11) is 1.60. The minimum Gasteiger partial charge on any atom is -0.481 e. The van der Waals surface area contributed by atoms with Crippen molar-refractivity contribution < 1.29 is 14.7 Å². The number of carbonyl (C=O) groups is 2. The number of rotatable bonds is 5. The zero-order valence-corrected chi connectivity index (χ0v) is 12.7. The molecule has 1 atom stereocenters. The highest BCUT2D eigenvalue weighted by molar-refractivity contribution is 5.94. The van der Waals surface area contributed by atoms with Gasteiger partial charge in [0.1, 0.15) is 12.7 Å². The minimum absolute atomic E-state index is 0.165. The Bertz CT molecular complexity index is 682. The van der Waals surface area contributed by atoms with Gasteiger partial charge in [0.15, 0.2) is 0 Å². The lowest BCUT2D eigenvalue weighted by atomic mass is 10.1. The molecule has 0 saturated carbocycles. The third-order valence-corrected chi connectivity index (χ3v) is 3.43. The number of hydrogen-bond donors (Lipinski definition) is 1. The van der Waals surface area contributed by atoms with Crippen molar-refractivity contribution in [2.24, 2.45) is 5.92 Å². The third kappa shape index (κ3) is 3.30. The van der Waals surface area contributed by atoms with Crippen molar-refractivity contribution >= 4 is 11.9 Å². The standard InChI is InChI=1S/C15H18N4O3/c1-10-6-12(4-5-13(10)19-9-16-8-17-19)14(20)18(3)7-11(2)15(21)22/h4-6,8-9,11H,7H2,1-3H3,(H,21,22). The largest absolute Gasteiger partial charge is 0.481 e. The highest BCUT2D eigenvalue weighted by Gasteiger charge is 2.19. The average molecular weight is 302 g/mol. The first kappa shape index (κ1) is 15.7. The molecule has 0 saturated heterocycles. The molecule has 7 nitrogen and oxygen atoms in total. The Labute approximate surface area is 128 Å². The molecule has 116 valence electrons. The second kappa shape index (κ2) is 6.38. The van der Waals surface area contributed by atoms with Crippen LogP contribution in [0.3, 0.4) is 0 Å². The number of carboxylic acids is 1. The molecule has 22 heavy (non-hydrogen) atoms. The molecule has 0 aliphatic rings. The Balaban J connectivity index is 2.17. The van der Waals surface area contributed by atoms with Crippen molar-refractivity contribution in [3.63, 3.8) is 0 Å². The summed E-state index contributed by atoms with van der Waals surface area (Å²) < 4.78 is 1.62. The number of carbonyl (C=O) groups excluding carboxylic acids is 1. The van der Waals surface area contributed by atoms with E-state index in [0.717, 1.165) is 11.3 Å². The molecular formula is C15H18N4O3. The second-order valence-corrected chi connectivity index (χ2v) is 5.27. The molecule has 1 aromatic heterocycles. The highest BCUT2D eigenvalue weighted by atomic mass is 16.4. The van der Waals surface area contributed by atoms with Gasteiger partial charge in [-0.2, -0.15) is 5.10 Å². The van der Waals surface area contributed by atoms with E-state index in [1.54, 1.807) is 43.2 Å². The van der Waals surface area contributed by atoms with Crippen LogP contribution < -0.4 is 0 Å². The van der Waals surface area contributed by atoms with E-state index in [0.29, 0.717) is 5.56 Å². The molecule has 1 unspecified atom stereocenters. The van der Waals surface area contributed by atoms with Crippen LogP contribution in [0.25, 0.3) is 5.69 Å². The van der Waals surface area contributed by atoms with Gasteiger partial charge in [-0.1, -0.05) is 6.92 Å². The molecule has 1 N–H and O–H groups in total. The maximum absolute atomic E-state index is 12.4. The molecule has 0 fully saturated rings. The van der Waals surface area contributed by atoms with Crippen LogP contribution in [0.1, 0.15) is 22.8 Å². The fourth-order valence-corrected chi connectivity index (χ4v) is 2.17. The van der Waals surface area contributed by atoms with Crippen molar-refractivity contribution in [2.45, 2.75) is 13.8 Å². The summed E-state index contributed by atoms with van der Waals surface area (Å²) in [6.07, 6.45) is 3.03. The predicted octanol–water partition coefficient (Wildman–Crippen LogP) is 1.37. The summed E-state index contributed by atoms with van der Waals surface area (Å²) in [6.45, 7) is 3.62. The van der Waals surface area contributed by atoms with Crippen LogP contribution in [-0.4, -0.2) is 50.2 Å². The van der Waals surface area contributed by atoms with Crippen LogP contribution >= 0.6 is 0 Å². The SMILES string of the molecule is Cc1cc(C(=O)N(C)CC(C)C(=O)O)ccc1-n1cncn1. The van der Waals surface area contributed by atoms with Crippen molar-refractivity contribution in [3.05, 3.63) is 42.0 Å².